The fourth-order valence-electron chi connectivity index (χ4n) is 5.75. The molecule has 0 bridgehead atoms. The number of sulfonamides is 1. The summed E-state index contributed by atoms with van der Waals surface area (Å²) in [7, 11) is -4.11. The topological polar surface area (TPSA) is 155 Å². The highest BCUT2D eigenvalue weighted by Crippen LogP contribution is 2.37. The molecule has 0 aromatic heterocycles. The summed E-state index contributed by atoms with van der Waals surface area (Å²) in [5, 5.41) is 31.9. The molecule has 3 heterocycles. The third-order valence-electron chi connectivity index (χ3n) is 7.71. The molecule has 13 heteroatoms. The van der Waals surface area contributed by atoms with Gasteiger partial charge in [-0.3, -0.25) is 4.90 Å². The number of carbonyl (C=O) groups is 1. The van der Waals surface area contributed by atoms with Crippen molar-refractivity contribution >= 4 is 16.1 Å². The molecule has 3 aliphatic heterocycles. The van der Waals surface area contributed by atoms with Gasteiger partial charge in [0.2, 0.25) is 16.8 Å². The number of amides is 1. The Balaban J connectivity index is 1.47. The largest absolute Gasteiger partial charge is 0.508 e. The molecule has 0 radical (unpaired) electrons. The second-order valence-electron chi connectivity index (χ2n) is 11.0. The van der Waals surface area contributed by atoms with Crippen LogP contribution in [0.5, 0.6) is 17.2 Å². The van der Waals surface area contributed by atoms with Crippen molar-refractivity contribution < 1.29 is 47.5 Å². The lowest BCUT2D eigenvalue weighted by atomic mass is 9.93. The number of phenols is 1. The van der Waals surface area contributed by atoms with Crippen LogP contribution in [0.4, 0.5) is 4.79 Å². The van der Waals surface area contributed by atoms with E-state index in [-0.39, 0.29) is 55.4 Å². The van der Waals surface area contributed by atoms with Gasteiger partial charge >= 0.3 is 6.09 Å². The number of hydrogen-bond donors (Lipinski definition) is 3. The molecule has 2 aromatic carbocycles. The molecule has 0 unspecified atom stereocenters. The van der Waals surface area contributed by atoms with Gasteiger partial charge in [0.25, 0.3) is 0 Å². The van der Waals surface area contributed by atoms with Crippen molar-refractivity contribution in [3.63, 3.8) is 0 Å². The lowest BCUT2D eigenvalue weighted by Crippen LogP contribution is -2.57. The molecule has 2 fully saturated rings. The molecule has 3 N–H and O–H groups in total. The van der Waals surface area contributed by atoms with E-state index in [2.05, 4.69) is 0 Å². The minimum Gasteiger partial charge on any atom is -0.508 e. The van der Waals surface area contributed by atoms with Crippen molar-refractivity contribution in [1.82, 2.24) is 9.21 Å². The van der Waals surface area contributed by atoms with Crippen LogP contribution in [0.2, 0.25) is 0 Å². The van der Waals surface area contributed by atoms with Gasteiger partial charge in [-0.2, -0.15) is 4.31 Å². The molecular formula is C28H36N2O10S. The molecule has 0 saturated carbocycles. The van der Waals surface area contributed by atoms with Crippen LogP contribution in [0, 0.1) is 11.8 Å². The van der Waals surface area contributed by atoms with Crippen LogP contribution >= 0.6 is 0 Å². The van der Waals surface area contributed by atoms with Crippen molar-refractivity contribution in [2.45, 2.75) is 56.1 Å². The number of fused-ring (bicyclic) bond motifs is 2. The van der Waals surface area contributed by atoms with Crippen LogP contribution in [-0.2, 0) is 25.9 Å². The van der Waals surface area contributed by atoms with E-state index in [4.69, 9.17) is 18.9 Å². The van der Waals surface area contributed by atoms with E-state index in [0.717, 1.165) is 0 Å². The Morgan fingerprint density at radius 2 is 1.78 bits per heavy atom. The number of aliphatic hydroxyl groups excluding tert-OH is 1. The predicted molar refractivity (Wildman–Crippen MR) is 145 cm³/mol. The molecule has 0 aliphatic carbocycles. The molecule has 3 aliphatic rings. The highest BCUT2D eigenvalue weighted by molar-refractivity contribution is 7.89. The smallest absolute Gasteiger partial charge is 0.407 e. The molecule has 2 saturated heterocycles. The van der Waals surface area contributed by atoms with Crippen LogP contribution in [0.15, 0.2) is 47.4 Å². The van der Waals surface area contributed by atoms with Gasteiger partial charge in [-0.15, -0.1) is 0 Å². The summed E-state index contributed by atoms with van der Waals surface area (Å²) in [4.78, 5) is 14.0. The first-order chi connectivity index (χ1) is 19.5. The maximum Gasteiger partial charge on any atom is 0.407 e. The van der Waals surface area contributed by atoms with Gasteiger partial charge in [-0.1, -0.05) is 26.0 Å². The van der Waals surface area contributed by atoms with Gasteiger partial charge in [-0.05, 0) is 48.6 Å². The number of rotatable bonds is 11. The molecule has 1 amide bonds. The van der Waals surface area contributed by atoms with Crippen LogP contribution < -0.4 is 9.47 Å². The van der Waals surface area contributed by atoms with E-state index >= 15 is 0 Å². The summed E-state index contributed by atoms with van der Waals surface area (Å²) >= 11 is 0. The van der Waals surface area contributed by atoms with Gasteiger partial charge in [-0.25, -0.2) is 13.2 Å². The van der Waals surface area contributed by atoms with Gasteiger partial charge in [0.05, 0.1) is 36.3 Å². The number of ether oxygens (including phenoxy) is 4. The summed E-state index contributed by atoms with van der Waals surface area (Å²) in [6.07, 6.45) is -2.47. The van der Waals surface area contributed by atoms with Gasteiger partial charge in [0.15, 0.2) is 17.8 Å². The van der Waals surface area contributed by atoms with Crippen molar-refractivity contribution in [3.8, 4) is 17.2 Å². The fourth-order valence-corrected chi connectivity index (χ4v) is 7.38. The molecule has 224 valence electrons. The fraction of sp³-hybridized carbons (Fsp3) is 0.536. The van der Waals surface area contributed by atoms with Gasteiger partial charge in [0.1, 0.15) is 5.75 Å². The van der Waals surface area contributed by atoms with Crippen LogP contribution in [-0.4, -0.2) is 96.6 Å². The average Bonchev–Trinajstić information content (AvgIpc) is 3.66. The lowest BCUT2D eigenvalue weighted by Gasteiger charge is -2.39. The lowest BCUT2D eigenvalue weighted by molar-refractivity contribution is -0.0906. The number of phenolic OH excluding ortho intramolecular Hbond substituents is 1. The maximum atomic E-state index is 13.9. The molecular weight excluding hydrogens is 556 g/mol. The molecule has 5 atom stereocenters. The highest BCUT2D eigenvalue weighted by atomic mass is 32.2. The van der Waals surface area contributed by atoms with E-state index in [0.29, 0.717) is 30.1 Å². The second kappa shape index (κ2) is 12.0. The van der Waals surface area contributed by atoms with Crippen molar-refractivity contribution in [3.05, 3.63) is 48.0 Å². The molecule has 41 heavy (non-hydrogen) atoms. The zero-order valence-electron chi connectivity index (χ0n) is 23.0. The number of nitrogens with zero attached hydrogens (tertiary/aromatic N) is 2. The number of aromatic hydroxyl groups is 1. The Morgan fingerprint density at radius 1 is 1.05 bits per heavy atom. The van der Waals surface area contributed by atoms with Crippen molar-refractivity contribution in [2.75, 3.05) is 33.1 Å². The normalized spacial score (nSPS) is 23.1. The Hall–Kier alpha value is -3.10. The summed E-state index contributed by atoms with van der Waals surface area (Å²) in [5.74, 6) is 0.516. The quantitative estimate of drug-likeness (QED) is 0.354. The first kappa shape index (κ1) is 29.4. The van der Waals surface area contributed by atoms with Gasteiger partial charge < -0.3 is 34.3 Å². The number of benzene rings is 2. The van der Waals surface area contributed by atoms with E-state index in [1.54, 1.807) is 12.1 Å². The molecule has 5 rings (SSSR count). The van der Waals surface area contributed by atoms with Crippen LogP contribution in [0.3, 0.4) is 0 Å². The minimum absolute atomic E-state index is 0.00497. The standard InChI is InChI=1S/C28H36N2O10S/c1-17(2)13-29(41(35,36)20-7-8-25-26(12-20)40-16-39-25)14-24(32)22(11-18-3-5-19(31)6-4-18)30(28(33)34)23-15-38-27-21(23)9-10-37-27/h3-8,12,17,21-24,27,31-32H,9-11,13-16H2,1-2H3,(H,33,34)/t21-,22-,23-,24+,27+/m0/s1. The summed E-state index contributed by atoms with van der Waals surface area (Å²) < 4.78 is 50.9. The average molecular weight is 593 g/mol. The zero-order valence-corrected chi connectivity index (χ0v) is 23.8. The number of hydrogen-bond acceptors (Lipinski definition) is 9. The second-order valence-corrected chi connectivity index (χ2v) is 13.0. The van der Waals surface area contributed by atoms with E-state index in [1.807, 2.05) is 13.8 Å². The van der Waals surface area contributed by atoms with Crippen molar-refractivity contribution in [1.29, 1.82) is 0 Å². The summed E-state index contributed by atoms with van der Waals surface area (Å²) in [6.45, 7) is 4.02. The Kier molecular flexibility index (Phi) is 8.62. The number of aliphatic hydroxyl groups is 1. The summed E-state index contributed by atoms with van der Waals surface area (Å²) in [6, 6.07) is 9.01. The predicted octanol–water partition coefficient (Wildman–Crippen LogP) is 2.48. The minimum atomic E-state index is -4.11. The maximum absolute atomic E-state index is 13.9. The SMILES string of the molecule is CC(C)CN(C[C@@H](O)[C@H](Cc1ccc(O)cc1)N(C(=O)O)[C@H]1CO[C@H]2OCC[C@H]21)S(=O)(=O)c1ccc2c(c1)OCO2. The number of carboxylic acid groups (broad SMARTS) is 1. The van der Waals surface area contributed by atoms with E-state index in [9.17, 15) is 28.5 Å². The van der Waals surface area contributed by atoms with Crippen LogP contribution in [0.25, 0.3) is 0 Å². The monoisotopic (exact) mass is 592 g/mol. The third kappa shape index (κ3) is 6.24. The molecule has 0 spiro atoms. The van der Waals surface area contributed by atoms with E-state index < -0.39 is 40.6 Å². The first-order valence-corrected chi connectivity index (χ1v) is 15.1. The molecule has 12 nitrogen and oxygen atoms in total. The third-order valence-corrected chi connectivity index (χ3v) is 9.54. The Morgan fingerprint density at radius 3 is 2.49 bits per heavy atom. The Bertz CT molecular complexity index is 1340. The van der Waals surface area contributed by atoms with E-state index in [1.165, 1.54) is 39.5 Å². The Labute approximate surface area is 239 Å². The summed E-state index contributed by atoms with van der Waals surface area (Å²) in [5.41, 5.74) is 0.672. The van der Waals surface area contributed by atoms with Gasteiger partial charge in [0, 0.05) is 25.1 Å². The highest BCUT2D eigenvalue weighted by Gasteiger charge is 2.49. The first-order valence-electron chi connectivity index (χ1n) is 13.6. The van der Waals surface area contributed by atoms with Crippen molar-refractivity contribution in [2.24, 2.45) is 11.8 Å². The van der Waals surface area contributed by atoms with Crippen LogP contribution in [0.1, 0.15) is 25.8 Å². The zero-order chi connectivity index (χ0) is 29.3. The molecule has 2 aromatic rings.